The van der Waals surface area contributed by atoms with Gasteiger partial charge in [0, 0.05) is 22.6 Å². The predicted octanol–water partition coefficient (Wildman–Crippen LogP) is 0.0103. The topological polar surface area (TPSA) is 43.6 Å². The maximum atomic E-state index is 11.8. The standard InChI is InChI=1S/CFIN4/c2-7-1(3)4-5-6-7. The van der Waals surface area contributed by atoms with E-state index in [1.54, 1.807) is 22.6 Å². The van der Waals surface area contributed by atoms with E-state index in [2.05, 4.69) is 15.5 Å². The minimum atomic E-state index is 0.0978. The van der Waals surface area contributed by atoms with Crippen LogP contribution in [-0.4, -0.2) is 20.4 Å². The number of rotatable bonds is 0. The average Bonchev–Trinajstić information content (AvgIpc) is 1.91. The first-order valence-electron chi connectivity index (χ1n) is 1.41. The van der Waals surface area contributed by atoms with Crippen molar-refractivity contribution in [3.8, 4) is 0 Å². The predicted molar refractivity (Wildman–Crippen MR) is 27.0 cm³/mol. The fraction of sp³-hybridized carbons (Fsp3) is 0. The third-order valence-corrected chi connectivity index (χ3v) is 1.01. The van der Waals surface area contributed by atoms with Crippen molar-refractivity contribution >= 4 is 22.6 Å². The van der Waals surface area contributed by atoms with Crippen LogP contribution in [0, 0.1) is 3.83 Å². The van der Waals surface area contributed by atoms with Crippen LogP contribution in [0.25, 0.3) is 0 Å². The van der Waals surface area contributed by atoms with Gasteiger partial charge in [-0.3, -0.25) is 0 Å². The van der Waals surface area contributed by atoms with Gasteiger partial charge in [0.15, 0.2) is 0 Å². The second kappa shape index (κ2) is 1.68. The molecule has 0 spiro atoms. The molecule has 0 radical (unpaired) electrons. The molecule has 0 unspecified atom stereocenters. The summed E-state index contributed by atoms with van der Waals surface area (Å²) in [6.07, 6.45) is 0. The van der Waals surface area contributed by atoms with Crippen LogP contribution in [0.1, 0.15) is 0 Å². The van der Waals surface area contributed by atoms with Crippen molar-refractivity contribution in [1.29, 1.82) is 0 Å². The molecule has 0 saturated carbocycles. The van der Waals surface area contributed by atoms with Crippen LogP contribution < -0.4 is 0 Å². The minimum Gasteiger partial charge on any atom is -0.0992 e. The molecule has 0 fully saturated rings. The summed E-state index contributed by atoms with van der Waals surface area (Å²) in [6.45, 7) is 0. The van der Waals surface area contributed by atoms with Gasteiger partial charge >= 0.3 is 0 Å². The van der Waals surface area contributed by atoms with Crippen LogP contribution in [0.15, 0.2) is 0 Å². The summed E-state index contributed by atoms with van der Waals surface area (Å²) in [4.78, 5) is 0.0978. The van der Waals surface area contributed by atoms with Gasteiger partial charge in [-0.1, -0.05) is 9.58 Å². The summed E-state index contributed by atoms with van der Waals surface area (Å²) in [6, 6.07) is 0. The molecule has 0 amide bonds. The van der Waals surface area contributed by atoms with Crippen molar-refractivity contribution in [2.24, 2.45) is 0 Å². The first-order valence-corrected chi connectivity index (χ1v) is 2.48. The van der Waals surface area contributed by atoms with Gasteiger partial charge in [0.1, 0.15) is 0 Å². The number of nitrogens with zero attached hydrogens (tertiary/aromatic N) is 4. The van der Waals surface area contributed by atoms with Gasteiger partial charge in [-0.05, 0) is 15.3 Å². The zero-order valence-corrected chi connectivity index (χ0v) is 5.20. The van der Waals surface area contributed by atoms with Crippen molar-refractivity contribution in [2.75, 3.05) is 0 Å². The highest BCUT2D eigenvalue weighted by atomic mass is 127. The van der Waals surface area contributed by atoms with Crippen molar-refractivity contribution in [3.63, 3.8) is 0 Å². The normalized spacial score (nSPS) is 9.43. The Hall–Kier alpha value is -0.270. The second-order valence-corrected chi connectivity index (χ2v) is 1.77. The van der Waals surface area contributed by atoms with Crippen LogP contribution in [0.5, 0.6) is 0 Å². The fourth-order valence-electron chi connectivity index (χ4n) is 0.166. The molecule has 0 saturated heterocycles. The molecular formula is CFIN4. The third kappa shape index (κ3) is 0.842. The largest absolute Gasteiger partial charge is 0.245 e. The van der Waals surface area contributed by atoms with E-state index >= 15 is 0 Å². The fourth-order valence-corrected chi connectivity index (χ4v) is 0.359. The van der Waals surface area contributed by atoms with Crippen LogP contribution >= 0.6 is 22.6 Å². The summed E-state index contributed by atoms with van der Waals surface area (Å²) in [5.41, 5.74) is 0. The van der Waals surface area contributed by atoms with Crippen LogP contribution in [0.3, 0.4) is 0 Å². The van der Waals surface area contributed by atoms with E-state index in [-0.39, 0.29) is 8.74 Å². The minimum absolute atomic E-state index is 0.0978. The van der Waals surface area contributed by atoms with E-state index in [1.165, 1.54) is 0 Å². The Kier molecular flexibility index (Phi) is 1.17. The molecule has 7 heavy (non-hydrogen) atoms. The van der Waals surface area contributed by atoms with Gasteiger partial charge in [0.25, 0.3) is 0 Å². The summed E-state index contributed by atoms with van der Waals surface area (Å²) < 4.78 is 11.9. The molecular weight excluding hydrogens is 214 g/mol. The van der Waals surface area contributed by atoms with Gasteiger partial charge < -0.3 is 0 Å². The molecule has 0 aliphatic carbocycles. The quantitative estimate of drug-likeness (QED) is 0.571. The molecule has 1 heterocycles. The van der Waals surface area contributed by atoms with Gasteiger partial charge in [-0.25, -0.2) is 0 Å². The molecule has 1 rings (SSSR count). The monoisotopic (exact) mass is 214 g/mol. The smallest absolute Gasteiger partial charge is 0.0992 e. The lowest BCUT2D eigenvalue weighted by Gasteiger charge is -1.72. The highest BCUT2D eigenvalue weighted by Gasteiger charge is 1.94. The number of halogens is 2. The molecule has 0 aliphatic heterocycles. The number of tetrazole rings is 1. The zero-order valence-electron chi connectivity index (χ0n) is 3.04. The highest BCUT2D eigenvalue weighted by Crippen LogP contribution is 1.93. The van der Waals surface area contributed by atoms with E-state index in [9.17, 15) is 4.48 Å². The Bertz CT molecular complexity index is 144. The van der Waals surface area contributed by atoms with Crippen LogP contribution in [0.2, 0.25) is 0 Å². The molecule has 1 aromatic heterocycles. The molecule has 0 bridgehead atoms. The molecule has 0 atom stereocenters. The van der Waals surface area contributed by atoms with Crippen LogP contribution in [-0.2, 0) is 0 Å². The highest BCUT2D eigenvalue weighted by molar-refractivity contribution is 14.1. The molecule has 0 N–H and O–H groups in total. The van der Waals surface area contributed by atoms with E-state index in [4.69, 9.17) is 0 Å². The molecule has 38 valence electrons. The lowest BCUT2D eigenvalue weighted by Crippen LogP contribution is -1.85. The Morgan fingerprint density at radius 2 is 2.43 bits per heavy atom. The van der Waals surface area contributed by atoms with E-state index in [0.717, 1.165) is 0 Å². The van der Waals surface area contributed by atoms with E-state index in [0.29, 0.717) is 0 Å². The van der Waals surface area contributed by atoms with E-state index < -0.39 is 0 Å². The SMILES string of the molecule is Fn1nnnc1I. The third-order valence-electron chi connectivity index (χ3n) is 0.398. The lowest BCUT2D eigenvalue weighted by atomic mass is 11.4. The molecule has 1 aromatic rings. The Labute approximate surface area is 51.8 Å². The lowest BCUT2D eigenvalue weighted by molar-refractivity contribution is 0.296. The summed E-state index contributed by atoms with van der Waals surface area (Å²) in [5, 5.41) is 9.13. The molecule has 6 heteroatoms. The number of aromatic nitrogens is 4. The molecule has 0 aliphatic rings. The van der Waals surface area contributed by atoms with Crippen molar-refractivity contribution < 1.29 is 4.48 Å². The summed E-state index contributed by atoms with van der Waals surface area (Å²) in [5.74, 6) is 0. The number of hydrogen-bond acceptors (Lipinski definition) is 3. The number of hydrogen-bond donors (Lipinski definition) is 0. The Morgan fingerprint density at radius 3 is 2.57 bits per heavy atom. The van der Waals surface area contributed by atoms with Crippen molar-refractivity contribution in [3.05, 3.63) is 3.83 Å². The first-order chi connectivity index (χ1) is 3.30. The Morgan fingerprint density at radius 1 is 1.71 bits per heavy atom. The van der Waals surface area contributed by atoms with Gasteiger partial charge in [-0.2, -0.15) is 0 Å². The van der Waals surface area contributed by atoms with Crippen LogP contribution in [0.4, 0.5) is 4.48 Å². The summed E-state index contributed by atoms with van der Waals surface area (Å²) >= 11 is 1.67. The van der Waals surface area contributed by atoms with Crippen molar-refractivity contribution in [2.45, 2.75) is 0 Å². The molecule has 4 nitrogen and oxygen atoms in total. The van der Waals surface area contributed by atoms with Gasteiger partial charge in [0.2, 0.25) is 3.83 Å². The first kappa shape index (κ1) is 4.88. The maximum absolute atomic E-state index is 11.8. The van der Waals surface area contributed by atoms with E-state index in [1.807, 2.05) is 0 Å². The average molecular weight is 214 g/mol. The Balaban J connectivity index is 3.12. The molecule has 0 aromatic carbocycles. The van der Waals surface area contributed by atoms with Gasteiger partial charge in [0.05, 0.1) is 0 Å². The summed E-state index contributed by atoms with van der Waals surface area (Å²) in [7, 11) is 0. The maximum Gasteiger partial charge on any atom is 0.245 e. The second-order valence-electron chi connectivity index (χ2n) is 0.808. The van der Waals surface area contributed by atoms with Gasteiger partial charge in [-0.15, -0.1) is 0 Å². The zero-order chi connectivity index (χ0) is 5.28. The van der Waals surface area contributed by atoms with Crippen molar-refractivity contribution in [1.82, 2.24) is 20.4 Å².